The summed E-state index contributed by atoms with van der Waals surface area (Å²) in [6, 6.07) is 3.69. The number of aliphatic hydroxyl groups is 1. The first-order valence-corrected chi connectivity index (χ1v) is 11.9. The molecule has 164 valence electrons. The van der Waals surface area contributed by atoms with Crippen LogP contribution in [0.2, 0.25) is 0 Å². The number of Topliss-reactive ketones (excluding diaryl/α,β-unsaturated/α-hetero) is 1. The lowest BCUT2D eigenvalue weighted by Gasteiger charge is -2.62. The van der Waals surface area contributed by atoms with Crippen LogP contribution >= 0.6 is 7.82 Å². The van der Waals surface area contributed by atoms with E-state index in [2.05, 4.69) is 4.90 Å². The minimum atomic E-state index is -4.64. The maximum atomic E-state index is 12.7. The normalized spacial score (nSPS) is 36.5. The van der Waals surface area contributed by atoms with E-state index in [0.717, 1.165) is 43.0 Å². The first kappa shape index (κ1) is 20.4. The minimum Gasteiger partial charge on any atom is -0.504 e. The van der Waals surface area contributed by atoms with Crippen LogP contribution in [-0.4, -0.2) is 66.4 Å². The molecular weight excluding hydrogens is 413 g/mol. The number of piperidine rings is 1. The van der Waals surface area contributed by atoms with Crippen LogP contribution in [0.5, 0.6) is 11.5 Å². The van der Waals surface area contributed by atoms with E-state index in [-0.39, 0.29) is 17.6 Å². The highest BCUT2D eigenvalue weighted by molar-refractivity contribution is 7.45. The summed E-state index contributed by atoms with van der Waals surface area (Å²) in [4.78, 5) is 36.7. The Balaban J connectivity index is 0.000000349. The van der Waals surface area contributed by atoms with Crippen LogP contribution in [0.1, 0.15) is 43.2 Å². The van der Waals surface area contributed by atoms with Crippen LogP contribution in [0.3, 0.4) is 0 Å². The first-order chi connectivity index (χ1) is 14.0. The Bertz CT molecular complexity index is 950. The van der Waals surface area contributed by atoms with Gasteiger partial charge >= 0.3 is 7.82 Å². The molecule has 4 atom stereocenters. The van der Waals surface area contributed by atoms with Gasteiger partial charge in [0.15, 0.2) is 23.4 Å². The van der Waals surface area contributed by atoms with Crippen LogP contribution in [-0.2, 0) is 21.2 Å². The fourth-order valence-corrected chi connectivity index (χ4v) is 6.26. The average molecular weight is 439 g/mol. The van der Waals surface area contributed by atoms with Crippen LogP contribution in [0, 0.1) is 5.92 Å². The topological polar surface area (TPSA) is 148 Å². The van der Waals surface area contributed by atoms with Crippen molar-refractivity contribution in [3.8, 4) is 11.5 Å². The summed E-state index contributed by atoms with van der Waals surface area (Å²) in [6.45, 7) is 1.95. The molecule has 1 saturated heterocycles. The number of hydrogen-bond acceptors (Lipinski definition) is 6. The fourth-order valence-electron chi connectivity index (χ4n) is 6.26. The number of ether oxygens (including phenoxy) is 1. The highest BCUT2D eigenvalue weighted by atomic mass is 31.2. The molecule has 0 radical (unpaired) electrons. The summed E-state index contributed by atoms with van der Waals surface area (Å²) < 4.78 is 14.9. The van der Waals surface area contributed by atoms with Gasteiger partial charge in [0.05, 0.1) is 11.0 Å². The number of phosphoric acid groups is 1. The van der Waals surface area contributed by atoms with Gasteiger partial charge in [0.2, 0.25) is 0 Å². The molecule has 30 heavy (non-hydrogen) atoms. The van der Waals surface area contributed by atoms with Crippen LogP contribution in [0.25, 0.3) is 0 Å². The van der Waals surface area contributed by atoms with E-state index < -0.39 is 24.9 Å². The number of phenolic OH excluding ortho intramolecular Hbond substituents is 1. The standard InChI is InChI=1S/C20H23NO4.H3O4P/c22-13-4-3-12-9-15-20(24)6-5-14(23)18-19(20,16(12)17(13)25-18)7-8-21(15)10-11-1-2-11;1-5(2,3)4/h3-4,11,15,18,22,24H,1-2,5-10H2;(H3,1,2,3,4)/t15-,18+,19+,20-;/m1./s1. The van der Waals surface area contributed by atoms with E-state index in [1.165, 1.54) is 12.8 Å². The number of benzene rings is 1. The second-order valence-electron chi connectivity index (χ2n) is 9.23. The number of carbonyl (C=O) groups is 1. The second kappa shape index (κ2) is 6.51. The van der Waals surface area contributed by atoms with Crippen molar-refractivity contribution >= 4 is 13.6 Å². The van der Waals surface area contributed by atoms with E-state index in [1.54, 1.807) is 6.07 Å². The van der Waals surface area contributed by atoms with Gasteiger partial charge in [-0.15, -0.1) is 0 Å². The molecule has 10 heteroatoms. The number of rotatable bonds is 2. The van der Waals surface area contributed by atoms with E-state index in [9.17, 15) is 15.0 Å². The number of ketones is 1. The molecule has 5 N–H and O–H groups in total. The minimum absolute atomic E-state index is 0.0454. The highest BCUT2D eigenvalue weighted by Crippen LogP contribution is 2.64. The van der Waals surface area contributed by atoms with Gasteiger partial charge in [0, 0.05) is 24.6 Å². The van der Waals surface area contributed by atoms with Crippen LogP contribution < -0.4 is 4.74 Å². The monoisotopic (exact) mass is 439 g/mol. The molecule has 0 amide bonds. The van der Waals surface area contributed by atoms with E-state index in [4.69, 9.17) is 24.0 Å². The zero-order valence-corrected chi connectivity index (χ0v) is 17.3. The lowest BCUT2D eigenvalue weighted by atomic mass is 9.49. The molecule has 9 nitrogen and oxygen atoms in total. The third kappa shape index (κ3) is 2.87. The number of aromatic hydroxyl groups is 1. The third-order valence-electron chi connectivity index (χ3n) is 7.56. The lowest BCUT2D eigenvalue weighted by molar-refractivity contribution is -0.188. The Kier molecular flexibility index (Phi) is 4.43. The molecule has 5 aliphatic rings. The van der Waals surface area contributed by atoms with Crippen molar-refractivity contribution in [2.24, 2.45) is 5.92 Å². The van der Waals surface area contributed by atoms with Gasteiger partial charge in [-0.25, -0.2) is 4.57 Å². The number of likely N-dealkylation sites (tertiary alicyclic amines) is 1. The fraction of sp³-hybridized carbons (Fsp3) is 0.650. The Morgan fingerprint density at radius 1 is 1.20 bits per heavy atom. The van der Waals surface area contributed by atoms with Crippen molar-refractivity contribution in [1.82, 2.24) is 4.90 Å². The average Bonchev–Trinajstić information content (AvgIpc) is 3.38. The van der Waals surface area contributed by atoms with Crippen molar-refractivity contribution in [3.63, 3.8) is 0 Å². The third-order valence-corrected chi connectivity index (χ3v) is 7.56. The molecular formula is C20H26NO8P. The van der Waals surface area contributed by atoms with Crippen molar-refractivity contribution in [3.05, 3.63) is 23.3 Å². The van der Waals surface area contributed by atoms with Crippen molar-refractivity contribution in [1.29, 1.82) is 0 Å². The van der Waals surface area contributed by atoms with Gasteiger partial charge < -0.3 is 29.6 Å². The largest absolute Gasteiger partial charge is 0.504 e. The molecule has 2 heterocycles. The summed E-state index contributed by atoms with van der Waals surface area (Å²) in [5.41, 5.74) is 0.454. The first-order valence-electron chi connectivity index (χ1n) is 10.3. The molecule has 1 aromatic rings. The van der Waals surface area contributed by atoms with Gasteiger partial charge in [-0.05, 0) is 56.2 Å². The molecule has 6 rings (SSSR count). The Labute approximate surface area is 173 Å². The number of phenols is 1. The van der Waals surface area contributed by atoms with E-state index in [0.29, 0.717) is 18.6 Å². The Morgan fingerprint density at radius 3 is 2.57 bits per heavy atom. The van der Waals surface area contributed by atoms with Crippen LogP contribution in [0.4, 0.5) is 0 Å². The summed E-state index contributed by atoms with van der Waals surface area (Å²) in [5, 5.41) is 22.3. The van der Waals surface area contributed by atoms with Gasteiger partial charge in [-0.3, -0.25) is 9.69 Å². The molecule has 1 aromatic carbocycles. The molecule has 3 fully saturated rings. The predicted octanol–water partition coefficient (Wildman–Crippen LogP) is 0.597. The molecule has 0 unspecified atom stereocenters. The van der Waals surface area contributed by atoms with E-state index in [1.807, 2.05) is 6.07 Å². The summed E-state index contributed by atoms with van der Waals surface area (Å²) in [7, 11) is -4.64. The molecule has 2 bridgehead atoms. The summed E-state index contributed by atoms with van der Waals surface area (Å²) in [6.07, 6.45) is 4.33. The van der Waals surface area contributed by atoms with Gasteiger partial charge in [0.1, 0.15) is 0 Å². The molecule has 1 spiro atoms. The lowest BCUT2D eigenvalue weighted by Crippen LogP contribution is -2.76. The zero-order chi connectivity index (χ0) is 21.5. The quantitative estimate of drug-likeness (QED) is 0.418. The summed E-state index contributed by atoms with van der Waals surface area (Å²) in [5.74, 6) is 1.39. The molecule has 3 aliphatic carbocycles. The zero-order valence-electron chi connectivity index (χ0n) is 16.4. The van der Waals surface area contributed by atoms with Gasteiger partial charge in [-0.1, -0.05) is 6.07 Å². The number of carbonyl (C=O) groups excluding carboxylic acids is 1. The summed E-state index contributed by atoms with van der Waals surface area (Å²) >= 11 is 0. The number of hydrogen-bond donors (Lipinski definition) is 5. The molecule has 2 aliphatic heterocycles. The maximum Gasteiger partial charge on any atom is 0.466 e. The van der Waals surface area contributed by atoms with Crippen LogP contribution in [0.15, 0.2) is 12.1 Å². The Morgan fingerprint density at radius 2 is 1.90 bits per heavy atom. The Hall–Kier alpha value is -1.48. The van der Waals surface area contributed by atoms with Crippen molar-refractivity contribution in [2.45, 2.75) is 61.7 Å². The smallest absolute Gasteiger partial charge is 0.466 e. The van der Waals surface area contributed by atoms with Gasteiger partial charge in [0.25, 0.3) is 0 Å². The predicted molar refractivity (Wildman–Crippen MR) is 104 cm³/mol. The maximum absolute atomic E-state index is 12.7. The van der Waals surface area contributed by atoms with Crippen molar-refractivity contribution < 1.29 is 39.0 Å². The molecule has 0 aromatic heterocycles. The van der Waals surface area contributed by atoms with E-state index >= 15 is 0 Å². The molecule has 2 saturated carbocycles. The van der Waals surface area contributed by atoms with Gasteiger partial charge in [-0.2, -0.15) is 0 Å². The second-order valence-corrected chi connectivity index (χ2v) is 10.3. The number of nitrogens with zero attached hydrogens (tertiary/aromatic N) is 1. The highest BCUT2D eigenvalue weighted by Gasteiger charge is 2.73. The van der Waals surface area contributed by atoms with Crippen molar-refractivity contribution in [2.75, 3.05) is 13.1 Å². The SMILES string of the molecule is O=C1CC[C@@]2(O)[C@H]3Cc4ccc(O)c5c4[C@@]2(CCN3CC2CC2)[C@H]1O5.O=P(O)(O)O.